The van der Waals surface area contributed by atoms with Crippen LogP contribution in [0.1, 0.15) is 5.76 Å². The van der Waals surface area contributed by atoms with Gasteiger partial charge in [0, 0.05) is 34.3 Å². The van der Waals surface area contributed by atoms with E-state index in [9.17, 15) is 10.1 Å². The summed E-state index contributed by atoms with van der Waals surface area (Å²) in [5.41, 5.74) is 4.07. The van der Waals surface area contributed by atoms with Crippen LogP contribution in [-0.2, 0) is 6.54 Å². The maximum Gasteiger partial charge on any atom is 0.270 e. The lowest BCUT2D eigenvalue weighted by Crippen LogP contribution is -1.97. The molecule has 0 saturated carbocycles. The Hall–Kier alpha value is -4.01. The molecule has 0 unspecified atom stereocenters. The molecular weight excluding hydrogens is 472 g/mol. The Morgan fingerprint density at radius 2 is 1.71 bits per heavy atom. The highest BCUT2D eigenvalue weighted by Crippen LogP contribution is 2.39. The van der Waals surface area contributed by atoms with Crippen molar-refractivity contribution < 1.29 is 9.45 Å². The van der Waals surface area contributed by atoms with Crippen LogP contribution in [0.5, 0.6) is 0 Å². The monoisotopic (exact) mass is 488 g/mol. The molecular formula is C25H17ClN4O3S. The summed E-state index contributed by atoms with van der Waals surface area (Å²) in [5, 5.41) is 19.8. The van der Waals surface area contributed by atoms with E-state index >= 15 is 0 Å². The van der Waals surface area contributed by atoms with Crippen molar-refractivity contribution in [2.45, 2.75) is 6.54 Å². The zero-order valence-electron chi connectivity index (χ0n) is 17.6. The van der Waals surface area contributed by atoms with Crippen LogP contribution in [0.25, 0.3) is 33.0 Å². The van der Waals surface area contributed by atoms with E-state index in [0.29, 0.717) is 28.6 Å². The number of hydrogen-bond acceptors (Lipinski definition) is 7. The molecule has 0 aliphatic heterocycles. The molecule has 0 aliphatic rings. The lowest BCUT2D eigenvalue weighted by atomic mass is 10.1. The lowest BCUT2D eigenvalue weighted by Gasteiger charge is -2.02. The molecule has 1 N–H and O–H groups in total. The highest BCUT2D eigenvalue weighted by molar-refractivity contribution is 7.19. The summed E-state index contributed by atoms with van der Waals surface area (Å²) < 4.78 is 5.44. The molecule has 168 valence electrons. The van der Waals surface area contributed by atoms with Gasteiger partial charge in [-0.2, -0.15) is 0 Å². The second-order valence-corrected chi connectivity index (χ2v) is 8.84. The molecule has 0 saturated heterocycles. The summed E-state index contributed by atoms with van der Waals surface area (Å²) in [7, 11) is 0. The number of non-ortho nitro benzene ring substituents is 1. The molecule has 0 atom stereocenters. The average molecular weight is 489 g/mol. The molecule has 0 aliphatic carbocycles. The fourth-order valence-electron chi connectivity index (χ4n) is 3.46. The molecule has 5 rings (SSSR count). The molecule has 0 bridgehead atoms. The van der Waals surface area contributed by atoms with Crippen molar-refractivity contribution in [1.29, 1.82) is 0 Å². The van der Waals surface area contributed by atoms with Gasteiger partial charge >= 0.3 is 0 Å². The summed E-state index contributed by atoms with van der Waals surface area (Å²) >= 11 is 7.62. The van der Waals surface area contributed by atoms with Crippen LogP contribution in [0.4, 0.5) is 10.8 Å². The van der Waals surface area contributed by atoms with E-state index in [-0.39, 0.29) is 5.69 Å². The fraction of sp³-hybridized carbons (Fsp3) is 0.0400. The average Bonchev–Trinajstić information content (AvgIpc) is 3.51. The van der Waals surface area contributed by atoms with Gasteiger partial charge in [-0.25, -0.2) is 4.98 Å². The number of benzene rings is 3. The van der Waals surface area contributed by atoms with Crippen molar-refractivity contribution in [1.82, 2.24) is 10.1 Å². The van der Waals surface area contributed by atoms with E-state index < -0.39 is 4.92 Å². The van der Waals surface area contributed by atoms with Gasteiger partial charge in [-0.1, -0.05) is 82.7 Å². The van der Waals surface area contributed by atoms with Crippen LogP contribution in [-0.4, -0.2) is 15.1 Å². The maximum atomic E-state index is 11.0. The number of halogens is 1. The first-order valence-corrected chi connectivity index (χ1v) is 11.5. The summed E-state index contributed by atoms with van der Waals surface area (Å²) in [6.07, 6.45) is 0. The number of rotatable bonds is 7. The number of nitrogens with one attached hydrogen (secondary N) is 1. The minimum atomic E-state index is -0.433. The molecule has 34 heavy (non-hydrogen) atoms. The maximum absolute atomic E-state index is 11.0. The largest absolute Gasteiger partial charge is 0.359 e. The van der Waals surface area contributed by atoms with E-state index in [0.717, 1.165) is 26.8 Å². The Labute approximate surface area is 203 Å². The van der Waals surface area contributed by atoms with Crippen molar-refractivity contribution >= 4 is 33.8 Å². The highest BCUT2D eigenvalue weighted by Gasteiger charge is 2.16. The number of hydrogen-bond donors (Lipinski definition) is 1. The van der Waals surface area contributed by atoms with E-state index in [4.69, 9.17) is 21.1 Å². The summed E-state index contributed by atoms with van der Waals surface area (Å²) in [6, 6.07) is 25.7. The van der Waals surface area contributed by atoms with Crippen molar-refractivity contribution in [3.63, 3.8) is 0 Å². The van der Waals surface area contributed by atoms with Crippen molar-refractivity contribution in [3.05, 3.63) is 106 Å². The van der Waals surface area contributed by atoms with Gasteiger partial charge in [-0.15, -0.1) is 0 Å². The van der Waals surface area contributed by atoms with Crippen LogP contribution < -0.4 is 5.32 Å². The number of nitro benzene ring substituents is 1. The number of nitro groups is 1. The normalized spacial score (nSPS) is 10.9. The van der Waals surface area contributed by atoms with Gasteiger partial charge in [0.25, 0.3) is 5.69 Å². The smallest absolute Gasteiger partial charge is 0.270 e. The molecule has 3 aromatic carbocycles. The van der Waals surface area contributed by atoms with Crippen molar-refractivity contribution in [2.75, 3.05) is 5.32 Å². The molecule has 2 aromatic heterocycles. The van der Waals surface area contributed by atoms with Gasteiger partial charge in [-0.3, -0.25) is 10.1 Å². The van der Waals surface area contributed by atoms with Crippen LogP contribution in [0.2, 0.25) is 5.02 Å². The molecule has 2 heterocycles. The number of thiazole rings is 1. The summed E-state index contributed by atoms with van der Waals surface area (Å²) in [5.74, 6) is 0.589. The van der Waals surface area contributed by atoms with Gasteiger partial charge < -0.3 is 9.84 Å². The number of nitrogens with zero attached hydrogens (tertiary/aromatic N) is 3. The second-order valence-electron chi connectivity index (χ2n) is 7.41. The Balaban J connectivity index is 1.39. The number of aromatic nitrogens is 2. The first-order valence-electron chi connectivity index (χ1n) is 10.3. The molecule has 0 amide bonds. The van der Waals surface area contributed by atoms with Gasteiger partial charge in [-0.05, 0) is 17.7 Å². The Morgan fingerprint density at radius 3 is 2.47 bits per heavy atom. The third-order valence-corrected chi connectivity index (χ3v) is 6.42. The standard InChI is InChI=1S/C25H17ClN4O3S/c26-19-11-9-16(10-12-19)23-24(17-5-2-1-3-6-17)34-25(28-23)27-15-21-14-22(29-33-21)18-7-4-8-20(13-18)30(31)32/h1-14H,15H2,(H,27,28). The third kappa shape index (κ3) is 4.68. The molecule has 0 radical (unpaired) electrons. The first kappa shape index (κ1) is 21.8. The van der Waals surface area contributed by atoms with Crippen LogP contribution >= 0.6 is 22.9 Å². The summed E-state index contributed by atoms with van der Waals surface area (Å²) in [4.78, 5) is 16.5. The Morgan fingerprint density at radius 1 is 0.941 bits per heavy atom. The van der Waals surface area contributed by atoms with Crippen molar-refractivity contribution in [2.24, 2.45) is 0 Å². The van der Waals surface area contributed by atoms with E-state index in [2.05, 4.69) is 22.6 Å². The Kier molecular flexibility index (Phi) is 6.07. The molecule has 5 aromatic rings. The molecule has 9 heteroatoms. The third-order valence-electron chi connectivity index (χ3n) is 5.11. The van der Waals surface area contributed by atoms with Crippen LogP contribution in [0.3, 0.4) is 0 Å². The minimum Gasteiger partial charge on any atom is -0.359 e. The molecule has 0 fully saturated rings. The van der Waals surface area contributed by atoms with Gasteiger partial charge in [0.15, 0.2) is 10.9 Å². The SMILES string of the molecule is O=[N+]([O-])c1cccc(-c2cc(CNc3nc(-c4ccc(Cl)cc4)c(-c4ccccc4)s3)on2)c1. The predicted octanol–water partition coefficient (Wildman–Crippen LogP) is 7.31. The fourth-order valence-corrected chi connectivity index (χ4v) is 4.57. The summed E-state index contributed by atoms with van der Waals surface area (Å²) in [6.45, 7) is 0.365. The zero-order chi connectivity index (χ0) is 23.5. The van der Waals surface area contributed by atoms with Crippen LogP contribution in [0.15, 0.2) is 89.5 Å². The molecule has 0 spiro atoms. The van der Waals surface area contributed by atoms with E-state index in [1.807, 2.05) is 42.5 Å². The predicted molar refractivity (Wildman–Crippen MR) is 134 cm³/mol. The van der Waals surface area contributed by atoms with Gasteiger partial charge in [0.1, 0.15) is 5.69 Å². The zero-order valence-corrected chi connectivity index (χ0v) is 19.2. The van der Waals surface area contributed by atoms with Crippen LogP contribution in [0, 0.1) is 10.1 Å². The van der Waals surface area contributed by atoms with Gasteiger partial charge in [0.2, 0.25) is 0 Å². The second kappa shape index (κ2) is 9.46. The van der Waals surface area contributed by atoms with E-state index in [1.165, 1.54) is 12.1 Å². The first-order chi connectivity index (χ1) is 16.6. The lowest BCUT2D eigenvalue weighted by molar-refractivity contribution is -0.384. The van der Waals surface area contributed by atoms with Gasteiger partial charge in [0.05, 0.1) is 22.0 Å². The minimum absolute atomic E-state index is 0.00568. The van der Waals surface area contributed by atoms with Crippen molar-refractivity contribution in [3.8, 4) is 33.0 Å². The topological polar surface area (TPSA) is 94.1 Å². The molecule has 7 nitrogen and oxygen atoms in total. The highest BCUT2D eigenvalue weighted by atomic mass is 35.5. The van der Waals surface area contributed by atoms with E-state index in [1.54, 1.807) is 29.5 Å². The number of anilines is 1. The Bertz CT molecular complexity index is 1450. The quantitative estimate of drug-likeness (QED) is 0.191.